The van der Waals surface area contributed by atoms with Crippen molar-refractivity contribution in [3.05, 3.63) is 57.2 Å². The fourth-order valence-corrected chi connectivity index (χ4v) is 2.05. The highest BCUT2D eigenvalue weighted by Crippen LogP contribution is 2.12. The summed E-state index contributed by atoms with van der Waals surface area (Å²) in [6.07, 6.45) is 1.52. The third-order valence-corrected chi connectivity index (χ3v) is 3.12. The zero-order chi connectivity index (χ0) is 16.1. The van der Waals surface area contributed by atoms with E-state index < -0.39 is 0 Å². The van der Waals surface area contributed by atoms with Gasteiger partial charge in [-0.25, -0.2) is 4.98 Å². The number of methoxy groups -OCH3 is 1. The van der Waals surface area contributed by atoms with Gasteiger partial charge in [-0.15, -0.1) is 0 Å². The van der Waals surface area contributed by atoms with Crippen molar-refractivity contribution in [3.8, 4) is 17.6 Å². The molecule has 0 atom stereocenters. The van der Waals surface area contributed by atoms with Gasteiger partial charge in [-0.05, 0) is 23.6 Å². The Morgan fingerprint density at radius 2 is 2.00 bits per heavy atom. The van der Waals surface area contributed by atoms with Crippen LogP contribution < -0.4 is 10.3 Å². The molecule has 0 aliphatic rings. The van der Waals surface area contributed by atoms with Gasteiger partial charge < -0.3 is 9.30 Å². The molecule has 2 rings (SSSR count). The topological polar surface area (TPSA) is 44.1 Å². The molecule has 0 unspecified atom stereocenters. The fraction of sp³-hybridized carbons (Fsp3) is 0.294. The Morgan fingerprint density at radius 1 is 1.32 bits per heavy atom. The highest BCUT2D eigenvalue weighted by Gasteiger charge is 2.07. The average Bonchev–Trinajstić information content (AvgIpc) is 2.49. The van der Waals surface area contributed by atoms with E-state index in [1.165, 1.54) is 10.8 Å². The Bertz CT molecular complexity index is 768. The average molecular weight is 317 g/mol. The minimum absolute atomic E-state index is 0.162. The molecule has 0 spiro atoms. The summed E-state index contributed by atoms with van der Waals surface area (Å²) >= 11 is 5.99. The van der Waals surface area contributed by atoms with E-state index in [4.69, 9.17) is 16.3 Å². The lowest BCUT2D eigenvalue weighted by Crippen LogP contribution is -2.24. The van der Waals surface area contributed by atoms with Crippen LogP contribution in [0.5, 0.6) is 5.75 Å². The molecule has 4 nitrogen and oxygen atoms in total. The molecule has 114 valence electrons. The molecule has 0 aliphatic heterocycles. The molecule has 0 N–H and O–H groups in total. The molecule has 0 fully saturated rings. The summed E-state index contributed by atoms with van der Waals surface area (Å²) in [7, 11) is 1.61. The van der Waals surface area contributed by atoms with Crippen LogP contribution in [0.3, 0.4) is 0 Å². The van der Waals surface area contributed by atoms with E-state index >= 15 is 0 Å². The van der Waals surface area contributed by atoms with Gasteiger partial charge in [0.1, 0.15) is 10.9 Å². The van der Waals surface area contributed by atoms with E-state index in [-0.39, 0.29) is 22.3 Å². The maximum atomic E-state index is 12.4. The second-order valence-electron chi connectivity index (χ2n) is 5.12. The Balaban J connectivity index is 2.35. The van der Waals surface area contributed by atoms with Gasteiger partial charge >= 0.3 is 0 Å². The molecule has 0 amide bonds. The van der Waals surface area contributed by atoms with Crippen LogP contribution in [0.1, 0.15) is 25.1 Å². The minimum Gasteiger partial charge on any atom is -0.497 e. The highest BCUT2D eigenvalue weighted by molar-refractivity contribution is 6.29. The van der Waals surface area contributed by atoms with Gasteiger partial charge in [0.25, 0.3) is 5.56 Å². The fourth-order valence-electron chi connectivity index (χ4n) is 1.85. The van der Waals surface area contributed by atoms with E-state index in [9.17, 15) is 4.79 Å². The summed E-state index contributed by atoms with van der Waals surface area (Å²) in [5, 5.41) is 0.251. The number of rotatable bonds is 3. The van der Waals surface area contributed by atoms with Crippen molar-refractivity contribution in [2.24, 2.45) is 5.92 Å². The Hall–Kier alpha value is -2.25. The van der Waals surface area contributed by atoms with Crippen molar-refractivity contribution in [1.82, 2.24) is 9.55 Å². The SMILES string of the molecule is COc1ccc(Cn2cc(Cl)nc(C#CC(C)C)c2=O)cc1. The first-order valence-corrected chi connectivity index (χ1v) is 7.29. The zero-order valence-electron chi connectivity index (χ0n) is 12.8. The number of hydrogen-bond acceptors (Lipinski definition) is 3. The molecule has 2 aromatic rings. The molecule has 22 heavy (non-hydrogen) atoms. The Morgan fingerprint density at radius 3 is 2.59 bits per heavy atom. The maximum Gasteiger partial charge on any atom is 0.285 e. The molecule has 5 heteroatoms. The lowest BCUT2D eigenvalue weighted by Gasteiger charge is -2.07. The largest absolute Gasteiger partial charge is 0.497 e. The highest BCUT2D eigenvalue weighted by atomic mass is 35.5. The second-order valence-corrected chi connectivity index (χ2v) is 5.50. The standard InChI is InChI=1S/C17H17ClN2O2/c1-12(2)4-9-15-17(21)20(11-16(18)19-15)10-13-5-7-14(22-3)8-6-13/h5-8,11-12H,10H2,1-3H3. The quantitative estimate of drug-likeness (QED) is 0.818. The third kappa shape index (κ3) is 4.12. The van der Waals surface area contributed by atoms with Gasteiger partial charge in [-0.1, -0.05) is 43.5 Å². The number of nitrogens with zero attached hydrogens (tertiary/aromatic N) is 2. The summed E-state index contributed by atoms with van der Waals surface area (Å²) in [5.74, 6) is 6.67. The van der Waals surface area contributed by atoms with E-state index in [1.54, 1.807) is 7.11 Å². The van der Waals surface area contributed by atoms with Crippen LogP contribution in [-0.4, -0.2) is 16.7 Å². The predicted molar refractivity (Wildman–Crippen MR) is 87.3 cm³/mol. The summed E-state index contributed by atoms with van der Waals surface area (Å²) in [6, 6.07) is 7.50. The van der Waals surface area contributed by atoms with Gasteiger partial charge in [0.15, 0.2) is 5.69 Å². The van der Waals surface area contributed by atoms with E-state index in [1.807, 2.05) is 38.1 Å². The van der Waals surface area contributed by atoms with Crippen LogP contribution in [0.2, 0.25) is 5.15 Å². The van der Waals surface area contributed by atoms with Gasteiger partial charge in [0.2, 0.25) is 0 Å². The van der Waals surface area contributed by atoms with E-state index in [0.717, 1.165) is 11.3 Å². The molecule has 1 aromatic carbocycles. The summed E-state index contributed by atoms with van der Waals surface area (Å²) in [4.78, 5) is 16.4. The van der Waals surface area contributed by atoms with E-state index in [0.29, 0.717) is 6.54 Å². The van der Waals surface area contributed by atoms with Crippen molar-refractivity contribution < 1.29 is 4.74 Å². The van der Waals surface area contributed by atoms with Crippen molar-refractivity contribution in [1.29, 1.82) is 0 Å². The number of hydrogen-bond donors (Lipinski definition) is 0. The number of halogens is 1. The molecule has 0 saturated carbocycles. The smallest absolute Gasteiger partial charge is 0.285 e. The first-order valence-electron chi connectivity index (χ1n) is 6.91. The molecule has 0 aliphatic carbocycles. The molecule has 0 radical (unpaired) electrons. The molecule has 1 heterocycles. The van der Waals surface area contributed by atoms with Crippen LogP contribution in [0.4, 0.5) is 0 Å². The monoisotopic (exact) mass is 316 g/mol. The van der Waals surface area contributed by atoms with Gasteiger partial charge in [-0.2, -0.15) is 0 Å². The van der Waals surface area contributed by atoms with Crippen LogP contribution in [0.15, 0.2) is 35.3 Å². The normalized spacial score (nSPS) is 10.2. The Labute approximate surface area is 134 Å². The third-order valence-electron chi connectivity index (χ3n) is 2.94. The maximum absolute atomic E-state index is 12.4. The number of aromatic nitrogens is 2. The van der Waals surface area contributed by atoms with Crippen molar-refractivity contribution in [2.45, 2.75) is 20.4 Å². The second kappa shape index (κ2) is 7.15. The summed E-state index contributed by atoms with van der Waals surface area (Å²) in [6.45, 7) is 4.31. The molecule has 0 saturated heterocycles. The van der Waals surface area contributed by atoms with Crippen LogP contribution in [0.25, 0.3) is 0 Å². The van der Waals surface area contributed by atoms with Crippen LogP contribution in [-0.2, 0) is 6.54 Å². The van der Waals surface area contributed by atoms with E-state index in [2.05, 4.69) is 16.8 Å². The summed E-state index contributed by atoms with van der Waals surface area (Å²) < 4.78 is 6.63. The zero-order valence-corrected chi connectivity index (χ0v) is 13.5. The summed E-state index contributed by atoms with van der Waals surface area (Å²) in [5.41, 5.74) is 0.899. The van der Waals surface area contributed by atoms with Crippen molar-refractivity contribution >= 4 is 11.6 Å². The molecular formula is C17H17ClN2O2. The number of benzene rings is 1. The van der Waals surface area contributed by atoms with Crippen molar-refractivity contribution in [3.63, 3.8) is 0 Å². The predicted octanol–water partition coefficient (Wildman–Crippen LogP) is 2.96. The van der Waals surface area contributed by atoms with Gasteiger partial charge in [-0.3, -0.25) is 4.79 Å². The molecule has 1 aromatic heterocycles. The molecular weight excluding hydrogens is 300 g/mol. The Kier molecular flexibility index (Phi) is 5.24. The first kappa shape index (κ1) is 16.1. The van der Waals surface area contributed by atoms with Crippen molar-refractivity contribution in [2.75, 3.05) is 7.11 Å². The van der Waals surface area contributed by atoms with Crippen LogP contribution in [0, 0.1) is 17.8 Å². The lowest BCUT2D eigenvalue weighted by molar-refractivity contribution is 0.414. The lowest BCUT2D eigenvalue weighted by atomic mass is 10.2. The molecule has 0 bridgehead atoms. The van der Waals surface area contributed by atoms with Gasteiger partial charge in [0, 0.05) is 12.1 Å². The van der Waals surface area contributed by atoms with Crippen LogP contribution >= 0.6 is 11.6 Å². The first-order chi connectivity index (χ1) is 10.5. The number of ether oxygens (including phenoxy) is 1. The minimum atomic E-state index is -0.242. The van der Waals surface area contributed by atoms with Gasteiger partial charge in [0.05, 0.1) is 13.7 Å².